The number of ether oxygens (including phenoxy) is 2. The third-order valence-electron chi connectivity index (χ3n) is 4.33. The van der Waals surface area contributed by atoms with Crippen LogP contribution >= 0.6 is 0 Å². The number of morpholine rings is 1. The first-order valence-corrected chi connectivity index (χ1v) is 7.49. The van der Waals surface area contributed by atoms with Crippen LogP contribution in [-0.2, 0) is 16.0 Å². The molecule has 0 bridgehead atoms. The van der Waals surface area contributed by atoms with E-state index in [0.717, 1.165) is 12.8 Å². The molecule has 0 unspecified atom stereocenters. The second-order valence-electron chi connectivity index (χ2n) is 6.09. The number of nitrogens with zero attached hydrogens (tertiary/aromatic N) is 1. The molecule has 0 aliphatic carbocycles. The molecule has 0 amide bonds. The quantitative estimate of drug-likeness (QED) is 0.838. The van der Waals surface area contributed by atoms with E-state index in [1.54, 1.807) is 0 Å². The van der Waals surface area contributed by atoms with E-state index in [4.69, 9.17) is 9.47 Å². The predicted molar refractivity (Wildman–Crippen MR) is 75.0 cm³/mol. The molecule has 5 heteroatoms. The molecular formula is C16H21F2NO2. The minimum Gasteiger partial charge on any atom is -0.381 e. The van der Waals surface area contributed by atoms with Gasteiger partial charge in [-0.25, -0.2) is 8.78 Å². The third kappa shape index (κ3) is 3.25. The zero-order valence-electron chi connectivity index (χ0n) is 12.3. The van der Waals surface area contributed by atoms with Crippen molar-refractivity contribution in [2.24, 2.45) is 0 Å². The van der Waals surface area contributed by atoms with Gasteiger partial charge in [0.25, 0.3) is 0 Å². The van der Waals surface area contributed by atoms with E-state index in [1.165, 1.54) is 18.2 Å². The Kier molecular flexibility index (Phi) is 4.24. The Morgan fingerprint density at radius 1 is 1.24 bits per heavy atom. The summed E-state index contributed by atoms with van der Waals surface area (Å²) in [5.41, 5.74) is -0.0775. The Bertz CT molecular complexity index is 483. The topological polar surface area (TPSA) is 21.7 Å². The van der Waals surface area contributed by atoms with Gasteiger partial charge in [-0.05, 0) is 19.1 Å². The summed E-state index contributed by atoms with van der Waals surface area (Å²) in [5.74, 6) is -0.953. The van der Waals surface area contributed by atoms with Gasteiger partial charge in [0.15, 0.2) is 0 Å². The first-order valence-electron chi connectivity index (χ1n) is 7.49. The van der Waals surface area contributed by atoms with Gasteiger partial charge in [0.05, 0.1) is 11.7 Å². The van der Waals surface area contributed by atoms with Crippen molar-refractivity contribution < 1.29 is 18.3 Å². The van der Waals surface area contributed by atoms with Gasteiger partial charge in [-0.15, -0.1) is 0 Å². The highest BCUT2D eigenvalue weighted by molar-refractivity contribution is 5.19. The maximum atomic E-state index is 13.8. The Morgan fingerprint density at radius 3 is 2.57 bits per heavy atom. The van der Waals surface area contributed by atoms with Crippen LogP contribution in [0.25, 0.3) is 0 Å². The Labute approximate surface area is 123 Å². The lowest BCUT2D eigenvalue weighted by Crippen LogP contribution is -2.56. The first-order chi connectivity index (χ1) is 10.1. The molecule has 1 atom stereocenters. The fourth-order valence-electron chi connectivity index (χ4n) is 3.38. The fraction of sp³-hybridized carbons (Fsp3) is 0.625. The van der Waals surface area contributed by atoms with Crippen LogP contribution in [0.3, 0.4) is 0 Å². The fourth-order valence-corrected chi connectivity index (χ4v) is 3.38. The molecule has 3 nitrogen and oxygen atoms in total. The van der Waals surface area contributed by atoms with Crippen molar-refractivity contribution in [3.8, 4) is 0 Å². The number of hydrogen-bond donors (Lipinski definition) is 0. The van der Waals surface area contributed by atoms with Crippen LogP contribution in [0.4, 0.5) is 8.78 Å². The lowest BCUT2D eigenvalue weighted by atomic mass is 9.91. The summed E-state index contributed by atoms with van der Waals surface area (Å²) in [4.78, 5) is 2.10. The molecule has 116 valence electrons. The van der Waals surface area contributed by atoms with Gasteiger partial charge < -0.3 is 9.47 Å². The minimum absolute atomic E-state index is 0.0617. The largest absolute Gasteiger partial charge is 0.381 e. The molecule has 2 aliphatic heterocycles. The molecule has 0 saturated carbocycles. The zero-order valence-corrected chi connectivity index (χ0v) is 12.3. The molecule has 0 N–H and O–H groups in total. The standard InChI is InChI=1S/C16H21F2NO2/c1-12-9-19(10-13-14(17)3-2-4-15(13)18)11-16(21-12)5-7-20-8-6-16/h2-4,12H,5-11H2,1H3/t12-/m0/s1. The average molecular weight is 297 g/mol. The van der Waals surface area contributed by atoms with E-state index in [0.29, 0.717) is 26.3 Å². The number of halogens is 2. The molecule has 0 radical (unpaired) electrons. The van der Waals surface area contributed by atoms with Crippen molar-refractivity contribution >= 4 is 0 Å². The monoisotopic (exact) mass is 297 g/mol. The Balaban J connectivity index is 1.75. The molecule has 2 aliphatic rings. The van der Waals surface area contributed by atoms with E-state index in [-0.39, 0.29) is 23.8 Å². The SMILES string of the molecule is C[C@H]1CN(Cc2c(F)cccc2F)CC2(CCOCC2)O1. The summed E-state index contributed by atoms with van der Waals surface area (Å²) in [6, 6.07) is 4.02. The molecule has 0 aromatic heterocycles. The van der Waals surface area contributed by atoms with E-state index >= 15 is 0 Å². The summed E-state index contributed by atoms with van der Waals surface area (Å²) in [6.07, 6.45) is 1.74. The van der Waals surface area contributed by atoms with Crippen LogP contribution in [0.1, 0.15) is 25.3 Å². The van der Waals surface area contributed by atoms with E-state index in [1.807, 2.05) is 6.92 Å². The van der Waals surface area contributed by atoms with Gasteiger partial charge in [-0.3, -0.25) is 4.90 Å². The molecule has 2 heterocycles. The van der Waals surface area contributed by atoms with Gasteiger partial charge in [-0.2, -0.15) is 0 Å². The minimum atomic E-state index is -0.477. The number of rotatable bonds is 2. The normalized spacial score (nSPS) is 26.1. The molecule has 1 aromatic carbocycles. The maximum Gasteiger partial charge on any atom is 0.130 e. The molecule has 3 rings (SSSR count). The van der Waals surface area contributed by atoms with Crippen molar-refractivity contribution in [2.75, 3.05) is 26.3 Å². The zero-order chi connectivity index (χ0) is 14.9. The van der Waals surface area contributed by atoms with Crippen LogP contribution in [-0.4, -0.2) is 42.9 Å². The van der Waals surface area contributed by atoms with Gasteiger partial charge in [0.2, 0.25) is 0 Å². The van der Waals surface area contributed by atoms with E-state index < -0.39 is 11.6 Å². The molecule has 1 spiro atoms. The Hall–Kier alpha value is -1.04. The molecule has 1 aromatic rings. The van der Waals surface area contributed by atoms with Crippen LogP contribution < -0.4 is 0 Å². The summed E-state index contributed by atoms with van der Waals surface area (Å²) in [5, 5.41) is 0. The van der Waals surface area contributed by atoms with Crippen LogP contribution in [0.15, 0.2) is 18.2 Å². The van der Waals surface area contributed by atoms with E-state index in [9.17, 15) is 8.78 Å². The molecular weight excluding hydrogens is 276 g/mol. The van der Waals surface area contributed by atoms with Gasteiger partial charge in [0.1, 0.15) is 11.6 Å². The van der Waals surface area contributed by atoms with E-state index in [2.05, 4.69) is 4.90 Å². The number of hydrogen-bond acceptors (Lipinski definition) is 3. The van der Waals surface area contributed by atoms with Gasteiger partial charge in [-0.1, -0.05) is 6.07 Å². The lowest BCUT2D eigenvalue weighted by molar-refractivity contribution is -0.185. The molecule has 2 saturated heterocycles. The highest BCUT2D eigenvalue weighted by atomic mass is 19.1. The summed E-state index contributed by atoms with van der Waals surface area (Å²) in [7, 11) is 0. The smallest absolute Gasteiger partial charge is 0.130 e. The van der Waals surface area contributed by atoms with Crippen molar-refractivity contribution in [1.29, 1.82) is 0 Å². The first kappa shape index (κ1) is 14.9. The highest BCUT2D eigenvalue weighted by Crippen LogP contribution is 2.32. The average Bonchev–Trinajstić information content (AvgIpc) is 2.43. The van der Waals surface area contributed by atoms with Crippen molar-refractivity contribution in [3.63, 3.8) is 0 Å². The summed E-state index contributed by atoms with van der Waals surface area (Å²) in [6.45, 7) is 5.07. The third-order valence-corrected chi connectivity index (χ3v) is 4.33. The van der Waals surface area contributed by atoms with Crippen LogP contribution in [0.2, 0.25) is 0 Å². The molecule has 21 heavy (non-hydrogen) atoms. The Morgan fingerprint density at radius 2 is 1.90 bits per heavy atom. The van der Waals surface area contributed by atoms with Crippen LogP contribution in [0.5, 0.6) is 0 Å². The van der Waals surface area contributed by atoms with Crippen molar-refractivity contribution in [2.45, 2.75) is 38.0 Å². The maximum absolute atomic E-state index is 13.8. The number of benzene rings is 1. The van der Waals surface area contributed by atoms with Gasteiger partial charge in [0, 0.05) is 51.3 Å². The second-order valence-corrected chi connectivity index (χ2v) is 6.09. The lowest BCUT2D eigenvalue weighted by Gasteiger charge is -2.47. The summed E-state index contributed by atoms with van der Waals surface area (Å²) >= 11 is 0. The second kappa shape index (κ2) is 5.99. The van der Waals surface area contributed by atoms with Crippen LogP contribution in [0, 0.1) is 11.6 Å². The van der Waals surface area contributed by atoms with Gasteiger partial charge >= 0.3 is 0 Å². The predicted octanol–water partition coefficient (Wildman–Crippen LogP) is 2.73. The summed E-state index contributed by atoms with van der Waals surface area (Å²) < 4.78 is 39.2. The van der Waals surface area contributed by atoms with Crippen molar-refractivity contribution in [3.05, 3.63) is 35.4 Å². The highest BCUT2D eigenvalue weighted by Gasteiger charge is 2.40. The van der Waals surface area contributed by atoms with Crippen molar-refractivity contribution in [1.82, 2.24) is 4.90 Å². The molecule has 2 fully saturated rings.